The second-order valence-electron chi connectivity index (χ2n) is 10.5. The van der Waals surface area contributed by atoms with Gasteiger partial charge >= 0.3 is 0 Å². The number of aromatic nitrogens is 4. The summed E-state index contributed by atoms with van der Waals surface area (Å²) in [5, 5.41) is 14.2. The molecule has 2 atom stereocenters. The van der Waals surface area contributed by atoms with E-state index >= 15 is 0 Å². The molecule has 2 unspecified atom stereocenters. The number of fused-ring (bicyclic) bond motifs is 3. The number of halogens is 1. The Morgan fingerprint density at radius 2 is 1.90 bits per heavy atom. The highest BCUT2D eigenvalue weighted by Crippen LogP contribution is 2.37. The predicted molar refractivity (Wildman–Crippen MR) is 147 cm³/mol. The van der Waals surface area contributed by atoms with Gasteiger partial charge in [-0.25, -0.2) is 18.9 Å². The first kappa shape index (κ1) is 24.7. The number of piperazine rings is 1. The maximum atomic E-state index is 14.1. The normalized spacial score (nSPS) is 20.8. The predicted octanol–water partition coefficient (Wildman–Crippen LogP) is 3.11. The molecule has 0 aliphatic carbocycles. The lowest BCUT2D eigenvalue weighted by Crippen LogP contribution is -2.68. The third-order valence-electron chi connectivity index (χ3n) is 8.24. The van der Waals surface area contributed by atoms with E-state index in [2.05, 4.69) is 49.1 Å². The Hall–Kier alpha value is -4.27. The molecule has 4 aromatic rings. The molecule has 204 valence electrons. The molecule has 0 spiro atoms. The molecule has 10 nitrogen and oxygen atoms in total. The van der Waals surface area contributed by atoms with Crippen LogP contribution in [-0.2, 0) is 11.3 Å². The number of rotatable bonds is 6. The molecule has 4 aromatic heterocycles. The van der Waals surface area contributed by atoms with E-state index < -0.39 is 5.82 Å². The van der Waals surface area contributed by atoms with Crippen LogP contribution >= 0.6 is 0 Å². The highest BCUT2D eigenvalue weighted by molar-refractivity contribution is 5.86. The summed E-state index contributed by atoms with van der Waals surface area (Å²) < 4.78 is 26.4. The summed E-state index contributed by atoms with van der Waals surface area (Å²) in [6, 6.07) is 10.8. The Bertz CT molecular complexity index is 1580. The number of piperidine rings is 1. The summed E-state index contributed by atoms with van der Waals surface area (Å²) in [4.78, 5) is 16.0. The third kappa shape index (κ3) is 4.29. The van der Waals surface area contributed by atoms with Gasteiger partial charge in [-0.15, -0.1) is 0 Å². The number of pyridine rings is 3. The van der Waals surface area contributed by atoms with Crippen LogP contribution in [0.2, 0.25) is 0 Å². The molecule has 2 bridgehead atoms. The zero-order valence-electron chi connectivity index (χ0n) is 22.2. The van der Waals surface area contributed by atoms with Crippen molar-refractivity contribution < 1.29 is 13.9 Å². The Kier molecular flexibility index (Phi) is 6.21. The molecule has 0 saturated carbocycles. The first-order chi connectivity index (χ1) is 19.6. The molecule has 4 saturated heterocycles. The van der Waals surface area contributed by atoms with E-state index in [1.165, 1.54) is 13.2 Å². The van der Waals surface area contributed by atoms with Crippen molar-refractivity contribution >= 4 is 17.0 Å². The largest absolute Gasteiger partial charge is 0.479 e. The summed E-state index contributed by atoms with van der Waals surface area (Å²) in [5.74, 6) is 0.533. The zero-order chi connectivity index (χ0) is 27.2. The van der Waals surface area contributed by atoms with Crippen molar-refractivity contribution in [1.82, 2.24) is 24.5 Å². The number of morpholine rings is 1. The van der Waals surface area contributed by atoms with Gasteiger partial charge in [-0.05, 0) is 36.2 Å². The first-order valence-electron chi connectivity index (χ1n) is 13.5. The van der Waals surface area contributed by atoms with Crippen LogP contribution in [0.25, 0.3) is 16.6 Å². The molecule has 4 fully saturated rings. The van der Waals surface area contributed by atoms with Crippen molar-refractivity contribution in [2.45, 2.75) is 25.0 Å². The van der Waals surface area contributed by atoms with E-state index in [0.717, 1.165) is 66.3 Å². The van der Waals surface area contributed by atoms with Gasteiger partial charge in [0.05, 0.1) is 49.5 Å². The van der Waals surface area contributed by atoms with Crippen molar-refractivity contribution in [1.29, 1.82) is 5.26 Å². The van der Waals surface area contributed by atoms with Gasteiger partial charge < -0.3 is 19.3 Å². The Labute approximate surface area is 231 Å². The van der Waals surface area contributed by atoms with Gasteiger partial charge in [0.2, 0.25) is 5.88 Å². The summed E-state index contributed by atoms with van der Waals surface area (Å²) in [6.45, 7) is 5.41. The fourth-order valence-electron chi connectivity index (χ4n) is 6.18. The average Bonchev–Trinajstić information content (AvgIpc) is 3.43. The second kappa shape index (κ2) is 10.0. The van der Waals surface area contributed by atoms with Gasteiger partial charge in [0.1, 0.15) is 11.9 Å². The lowest BCUT2D eigenvalue weighted by Gasteiger charge is -2.56. The maximum Gasteiger partial charge on any atom is 0.250 e. The van der Waals surface area contributed by atoms with Crippen LogP contribution < -0.4 is 14.5 Å². The Morgan fingerprint density at radius 1 is 1.07 bits per heavy atom. The fraction of sp³-hybridized carbons (Fsp3) is 0.379. The van der Waals surface area contributed by atoms with Gasteiger partial charge in [0.15, 0.2) is 5.82 Å². The van der Waals surface area contributed by atoms with Crippen LogP contribution in [0.3, 0.4) is 0 Å². The SMILES string of the molecule is COc1ncc(CN2C3CC2CN(c2ccc(-c4cc(N5CCOCC5)cn5ncc(C#N)c45)cn2)C3)cc1F. The minimum Gasteiger partial charge on any atom is -0.479 e. The zero-order valence-corrected chi connectivity index (χ0v) is 22.2. The van der Waals surface area contributed by atoms with Crippen molar-refractivity contribution in [3.05, 3.63) is 66.0 Å². The molecular weight excluding hydrogens is 511 g/mol. The second-order valence-corrected chi connectivity index (χ2v) is 10.5. The number of methoxy groups -OCH3 is 1. The van der Waals surface area contributed by atoms with Crippen molar-refractivity contribution in [2.75, 3.05) is 56.3 Å². The van der Waals surface area contributed by atoms with Crippen LogP contribution in [0.15, 0.2) is 49.1 Å². The highest BCUT2D eigenvalue weighted by atomic mass is 19.1. The van der Waals surface area contributed by atoms with E-state index in [9.17, 15) is 9.65 Å². The van der Waals surface area contributed by atoms with E-state index in [-0.39, 0.29) is 5.88 Å². The molecule has 4 aliphatic rings. The smallest absolute Gasteiger partial charge is 0.250 e. The molecular formula is C29H29FN8O2. The monoisotopic (exact) mass is 540 g/mol. The van der Waals surface area contributed by atoms with Gasteiger partial charge in [0.25, 0.3) is 0 Å². The van der Waals surface area contributed by atoms with Crippen LogP contribution in [-0.4, -0.2) is 83.1 Å². The topological polar surface area (TPSA) is 95.0 Å². The lowest BCUT2D eigenvalue weighted by molar-refractivity contribution is -0.00884. The molecule has 40 heavy (non-hydrogen) atoms. The van der Waals surface area contributed by atoms with Crippen molar-refractivity contribution in [3.63, 3.8) is 0 Å². The summed E-state index contributed by atoms with van der Waals surface area (Å²) in [7, 11) is 1.42. The first-order valence-corrected chi connectivity index (χ1v) is 13.5. The van der Waals surface area contributed by atoms with Crippen LogP contribution in [0, 0.1) is 17.1 Å². The van der Waals surface area contributed by atoms with Gasteiger partial charge in [-0.3, -0.25) is 4.90 Å². The summed E-state index contributed by atoms with van der Waals surface area (Å²) in [6.07, 6.45) is 8.31. The fourth-order valence-corrected chi connectivity index (χ4v) is 6.18. The molecule has 0 radical (unpaired) electrons. The van der Waals surface area contributed by atoms with E-state index in [1.807, 2.05) is 12.4 Å². The minimum atomic E-state index is -0.429. The van der Waals surface area contributed by atoms with Crippen molar-refractivity contribution in [2.24, 2.45) is 0 Å². The van der Waals surface area contributed by atoms with E-state index in [0.29, 0.717) is 37.4 Å². The van der Waals surface area contributed by atoms with Crippen LogP contribution in [0.1, 0.15) is 17.5 Å². The Balaban J connectivity index is 1.10. The number of ether oxygens (including phenoxy) is 2. The number of hydrogen-bond acceptors (Lipinski definition) is 9. The van der Waals surface area contributed by atoms with Gasteiger partial charge in [0, 0.05) is 68.3 Å². The molecule has 8 heterocycles. The number of nitriles is 1. The molecule has 4 aliphatic heterocycles. The average molecular weight is 541 g/mol. The quantitative estimate of drug-likeness (QED) is 0.366. The molecule has 0 amide bonds. The number of hydrogen-bond donors (Lipinski definition) is 0. The minimum absolute atomic E-state index is 0.0267. The highest BCUT2D eigenvalue weighted by Gasteiger charge is 2.44. The number of nitrogens with zero attached hydrogens (tertiary/aromatic N) is 8. The van der Waals surface area contributed by atoms with Gasteiger partial charge in [-0.2, -0.15) is 10.4 Å². The molecule has 8 rings (SSSR count). The molecule has 0 aromatic carbocycles. The summed E-state index contributed by atoms with van der Waals surface area (Å²) >= 11 is 0. The Morgan fingerprint density at radius 3 is 2.60 bits per heavy atom. The summed E-state index contributed by atoms with van der Waals surface area (Å²) in [5.41, 5.74) is 5.10. The van der Waals surface area contributed by atoms with Crippen LogP contribution in [0.5, 0.6) is 5.88 Å². The van der Waals surface area contributed by atoms with Gasteiger partial charge in [-0.1, -0.05) is 0 Å². The standard InChI is InChI=1S/C29H29FN8O2/c1-39-29-26(30)8-19(12-33-29)15-37-23-9-24(37)17-36(16-23)27-3-2-20(13-32-27)25-10-22(35-4-6-40-7-5-35)18-38-28(25)21(11-31)14-34-38/h2-3,8,10,12-14,18,23-24H,4-7,9,15-17H2,1H3. The third-order valence-corrected chi connectivity index (χ3v) is 8.24. The maximum absolute atomic E-state index is 14.1. The van der Waals surface area contributed by atoms with E-state index in [4.69, 9.17) is 14.5 Å². The lowest BCUT2D eigenvalue weighted by atomic mass is 9.87. The van der Waals surface area contributed by atoms with Crippen LogP contribution in [0.4, 0.5) is 15.9 Å². The number of anilines is 2. The molecule has 11 heteroatoms. The molecule has 0 N–H and O–H groups in total. The van der Waals surface area contributed by atoms with Crippen molar-refractivity contribution in [3.8, 4) is 23.1 Å². The van der Waals surface area contributed by atoms with E-state index in [1.54, 1.807) is 16.9 Å².